The standard InChI is InChI=1S/C20H28N2O2/c23-20(16-6-2-1-3-7-16)21-19-17-13-22(14-18(17)19)10-4-5-15-8-11-24-12-9-15/h1-3,6-7,15,17-19H,4-5,8-14H2,(H,21,23)/t17-,18+,19?. The number of amides is 1. The lowest BCUT2D eigenvalue weighted by molar-refractivity contribution is 0.0623. The number of hydrogen-bond acceptors (Lipinski definition) is 3. The van der Waals surface area contributed by atoms with Crippen molar-refractivity contribution in [2.45, 2.75) is 31.7 Å². The predicted molar refractivity (Wildman–Crippen MR) is 93.9 cm³/mol. The van der Waals surface area contributed by atoms with Crippen molar-refractivity contribution in [1.82, 2.24) is 10.2 Å². The van der Waals surface area contributed by atoms with Crippen LogP contribution < -0.4 is 5.32 Å². The number of likely N-dealkylation sites (tertiary alicyclic amines) is 1. The van der Waals surface area contributed by atoms with Crippen molar-refractivity contribution in [1.29, 1.82) is 0 Å². The Bertz CT molecular complexity index is 544. The van der Waals surface area contributed by atoms with Crippen LogP contribution in [-0.4, -0.2) is 49.7 Å². The minimum Gasteiger partial charge on any atom is -0.381 e. The first kappa shape index (κ1) is 16.1. The van der Waals surface area contributed by atoms with Crippen molar-refractivity contribution in [3.8, 4) is 0 Å². The van der Waals surface area contributed by atoms with E-state index in [2.05, 4.69) is 10.2 Å². The number of ether oxygens (including phenoxy) is 1. The Morgan fingerprint density at radius 2 is 1.83 bits per heavy atom. The first-order valence-electron chi connectivity index (χ1n) is 9.47. The normalized spacial score (nSPS) is 30.1. The van der Waals surface area contributed by atoms with Crippen LogP contribution in [0.5, 0.6) is 0 Å². The third kappa shape index (κ3) is 3.65. The fraction of sp³-hybridized carbons (Fsp3) is 0.650. The second-order valence-corrected chi connectivity index (χ2v) is 7.65. The Morgan fingerprint density at radius 1 is 1.12 bits per heavy atom. The number of benzene rings is 1. The third-order valence-electron chi connectivity index (χ3n) is 6.03. The highest BCUT2D eigenvalue weighted by Crippen LogP contribution is 2.45. The molecule has 1 unspecified atom stereocenters. The Labute approximate surface area is 144 Å². The van der Waals surface area contributed by atoms with E-state index in [0.29, 0.717) is 17.9 Å². The second-order valence-electron chi connectivity index (χ2n) is 7.65. The molecule has 3 fully saturated rings. The van der Waals surface area contributed by atoms with Crippen LogP contribution in [0.4, 0.5) is 0 Å². The molecule has 24 heavy (non-hydrogen) atoms. The van der Waals surface area contributed by atoms with Crippen LogP contribution in [0.25, 0.3) is 0 Å². The Morgan fingerprint density at radius 3 is 2.54 bits per heavy atom. The molecule has 0 bridgehead atoms. The van der Waals surface area contributed by atoms with E-state index in [1.807, 2.05) is 30.3 Å². The van der Waals surface area contributed by atoms with Gasteiger partial charge in [-0.15, -0.1) is 0 Å². The van der Waals surface area contributed by atoms with Gasteiger partial charge in [-0.1, -0.05) is 18.2 Å². The summed E-state index contributed by atoms with van der Waals surface area (Å²) in [6.45, 7) is 5.47. The minimum absolute atomic E-state index is 0.0843. The van der Waals surface area contributed by atoms with Crippen molar-refractivity contribution in [2.75, 3.05) is 32.8 Å². The lowest BCUT2D eigenvalue weighted by Crippen LogP contribution is -2.35. The van der Waals surface area contributed by atoms with E-state index in [1.54, 1.807) is 0 Å². The topological polar surface area (TPSA) is 41.6 Å². The van der Waals surface area contributed by atoms with E-state index >= 15 is 0 Å². The van der Waals surface area contributed by atoms with Gasteiger partial charge in [-0.2, -0.15) is 0 Å². The molecule has 0 aromatic heterocycles. The molecular weight excluding hydrogens is 300 g/mol. The molecule has 4 nitrogen and oxygen atoms in total. The number of nitrogens with zero attached hydrogens (tertiary/aromatic N) is 1. The molecule has 2 saturated heterocycles. The molecular formula is C20H28N2O2. The number of piperidine rings is 1. The largest absolute Gasteiger partial charge is 0.381 e. The molecule has 0 radical (unpaired) electrons. The summed E-state index contributed by atoms with van der Waals surface area (Å²) < 4.78 is 5.43. The molecule has 2 aliphatic heterocycles. The number of hydrogen-bond donors (Lipinski definition) is 1. The summed E-state index contributed by atoms with van der Waals surface area (Å²) in [6.07, 6.45) is 5.16. The van der Waals surface area contributed by atoms with Gasteiger partial charge in [0.1, 0.15) is 0 Å². The molecule has 1 aromatic carbocycles. The molecule has 1 amide bonds. The molecule has 1 N–H and O–H groups in total. The van der Waals surface area contributed by atoms with E-state index < -0.39 is 0 Å². The molecule has 1 saturated carbocycles. The number of carbonyl (C=O) groups is 1. The quantitative estimate of drug-likeness (QED) is 0.872. The van der Waals surface area contributed by atoms with Crippen molar-refractivity contribution < 1.29 is 9.53 Å². The number of fused-ring (bicyclic) bond motifs is 1. The van der Waals surface area contributed by atoms with Crippen molar-refractivity contribution in [3.63, 3.8) is 0 Å². The van der Waals surface area contributed by atoms with Crippen LogP contribution in [0.1, 0.15) is 36.0 Å². The lowest BCUT2D eigenvalue weighted by atomic mass is 9.95. The van der Waals surface area contributed by atoms with E-state index in [0.717, 1.165) is 37.8 Å². The fourth-order valence-corrected chi connectivity index (χ4v) is 4.47. The van der Waals surface area contributed by atoms with Crippen LogP contribution in [0.2, 0.25) is 0 Å². The van der Waals surface area contributed by atoms with Gasteiger partial charge in [0.05, 0.1) is 0 Å². The number of nitrogens with one attached hydrogen (secondary N) is 1. The summed E-state index contributed by atoms with van der Waals surface area (Å²) in [5, 5.41) is 3.22. The second kappa shape index (κ2) is 7.24. The average Bonchev–Trinajstić information content (AvgIpc) is 3.06. The van der Waals surface area contributed by atoms with Crippen LogP contribution in [0.15, 0.2) is 30.3 Å². The minimum atomic E-state index is 0.0843. The monoisotopic (exact) mass is 328 g/mol. The van der Waals surface area contributed by atoms with Crippen LogP contribution in [-0.2, 0) is 4.74 Å². The number of carbonyl (C=O) groups excluding carboxylic acids is 1. The SMILES string of the molecule is O=C(NC1[C@H]2CN(CCCC3CCOCC3)C[C@@H]12)c1ccccc1. The van der Waals surface area contributed by atoms with E-state index in [4.69, 9.17) is 4.74 Å². The van der Waals surface area contributed by atoms with Gasteiger partial charge in [0, 0.05) is 37.9 Å². The van der Waals surface area contributed by atoms with Gasteiger partial charge in [-0.25, -0.2) is 0 Å². The average molecular weight is 328 g/mol. The molecule has 4 heteroatoms. The zero-order valence-corrected chi connectivity index (χ0v) is 14.3. The van der Waals surface area contributed by atoms with Crippen LogP contribution in [0, 0.1) is 17.8 Å². The van der Waals surface area contributed by atoms with Gasteiger partial charge in [0.2, 0.25) is 0 Å². The van der Waals surface area contributed by atoms with E-state index in [9.17, 15) is 4.79 Å². The maximum Gasteiger partial charge on any atom is 0.251 e. The first-order valence-corrected chi connectivity index (χ1v) is 9.47. The fourth-order valence-electron chi connectivity index (χ4n) is 4.47. The highest BCUT2D eigenvalue weighted by Gasteiger charge is 2.56. The first-order chi connectivity index (χ1) is 11.8. The highest BCUT2D eigenvalue weighted by molar-refractivity contribution is 5.94. The number of rotatable bonds is 6. The summed E-state index contributed by atoms with van der Waals surface area (Å²) in [7, 11) is 0. The van der Waals surface area contributed by atoms with Gasteiger partial charge < -0.3 is 15.0 Å². The maximum absolute atomic E-state index is 12.2. The van der Waals surface area contributed by atoms with Gasteiger partial charge in [-0.05, 0) is 62.1 Å². The Balaban J connectivity index is 1.15. The smallest absolute Gasteiger partial charge is 0.251 e. The maximum atomic E-state index is 12.2. The molecule has 3 atom stereocenters. The molecule has 4 rings (SSSR count). The highest BCUT2D eigenvalue weighted by atomic mass is 16.5. The summed E-state index contributed by atoms with van der Waals surface area (Å²) in [4.78, 5) is 14.8. The lowest BCUT2D eigenvalue weighted by Gasteiger charge is -2.24. The summed E-state index contributed by atoms with van der Waals surface area (Å²) >= 11 is 0. The molecule has 2 heterocycles. The van der Waals surface area contributed by atoms with Crippen molar-refractivity contribution in [2.24, 2.45) is 17.8 Å². The zero-order valence-electron chi connectivity index (χ0n) is 14.3. The van der Waals surface area contributed by atoms with Gasteiger partial charge >= 0.3 is 0 Å². The van der Waals surface area contributed by atoms with Crippen molar-refractivity contribution >= 4 is 5.91 Å². The van der Waals surface area contributed by atoms with Crippen LogP contribution >= 0.6 is 0 Å². The molecule has 1 aromatic rings. The van der Waals surface area contributed by atoms with Gasteiger partial charge in [-0.3, -0.25) is 4.79 Å². The molecule has 3 aliphatic rings. The van der Waals surface area contributed by atoms with Gasteiger partial charge in [0.25, 0.3) is 5.91 Å². The Kier molecular flexibility index (Phi) is 4.86. The molecule has 0 spiro atoms. The van der Waals surface area contributed by atoms with E-state index in [-0.39, 0.29) is 5.91 Å². The summed E-state index contributed by atoms with van der Waals surface area (Å²) in [5.41, 5.74) is 0.774. The molecule has 1 aliphatic carbocycles. The Hall–Kier alpha value is -1.39. The van der Waals surface area contributed by atoms with Gasteiger partial charge in [0.15, 0.2) is 0 Å². The summed E-state index contributed by atoms with van der Waals surface area (Å²) in [6, 6.07) is 9.96. The zero-order chi connectivity index (χ0) is 16.4. The van der Waals surface area contributed by atoms with Crippen molar-refractivity contribution in [3.05, 3.63) is 35.9 Å². The summed E-state index contributed by atoms with van der Waals surface area (Å²) in [5.74, 6) is 2.33. The van der Waals surface area contributed by atoms with E-state index in [1.165, 1.54) is 32.2 Å². The third-order valence-corrected chi connectivity index (χ3v) is 6.03. The van der Waals surface area contributed by atoms with Crippen LogP contribution in [0.3, 0.4) is 0 Å². The predicted octanol–water partition coefficient (Wildman–Crippen LogP) is 2.55. The molecule has 130 valence electrons.